The van der Waals surface area contributed by atoms with Crippen molar-refractivity contribution in [2.24, 2.45) is 0 Å². The topological polar surface area (TPSA) is 120 Å². The number of benzene rings is 2. The van der Waals surface area contributed by atoms with Gasteiger partial charge in [0.25, 0.3) is 11.6 Å². The Hall–Kier alpha value is -4.12. The quantitative estimate of drug-likeness (QED) is 0.229. The fraction of sp³-hybridized carbons (Fsp3) is 0.355. The average molecular weight is 658 g/mol. The third-order valence-corrected chi connectivity index (χ3v) is 9.39. The first-order valence-electron chi connectivity index (χ1n) is 14.1. The molecule has 4 heterocycles. The molecular formula is C31H27ClF3N5O4S. The van der Waals surface area contributed by atoms with E-state index in [0.29, 0.717) is 24.9 Å². The number of hydrogen-bond donors (Lipinski definition) is 2. The summed E-state index contributed by atoms with van der Waals surface area (Å²) in [4.78, 5) is 34.4. The number of aromatic amines is 1. The Labute approximate surface area is 264 Å². The van der Waals surface area contributed by atoms with Crippen molar-refractivity contribution in [3.63, 3.8) is 0 Å². The molecule has 2 aromatic heterocycles. The van der Waals surface area contributed by atoms with Crippen molar-refractivity contribution in [1.82, 2.24) is 14.9 Å². The third kappa shape index (κ3) is 5.51. The zero-order chi connectivity index (χ0) is 32.3. The van der Waals surface area contributed by atoms with E-state index in [-0.39, 0.29) is 60.3 Å². The van der Waals surface area contributed by atoms with Crippen molar-refractivity contribution in [1.29, 1.82) is 5.26 Å². The number of halogens is 4. The monoisotopic (exact) mass is 657 g/mol. The molecule has 9 nitrogen and oxygen atoms in total. The van der Waals surface area contributed by atoms with E-state index in [1.165, 1.54) is 12.1 Å². The highest BCUT2D eigenvalue weighted by molar-refractivity contribution is 7.23. The summed E-state index contributed by atoms with van der Waals surface area (Å²) in [6, 6.07) is 5.36. The lowest BCUT2D eigenvalue weighted by molar-refractivity contribution is 0.0636. The fourth-order valence-corrected chi connectivity index (χ4v) is 7.49. The van der Waals surface area contributed by atoms with E-state index in [4.69, 9.17) is 21.1 Å². The van der Waals surface area contributed by atoms with Crippen molar-refractivity contribution in [2.45, 2.75) is 51.2 Å². The number of ether oxygens (including phenoxy) is 2. The summed E-state index contributed by atoms with van der Waals surface area (Å²) >= 11 is 7.32. The number of thiophene rings is 1. The predicted molar refractivity (Wildman–Crippen MR) is 166 cm³/mol. The van der Waals surface area contributed by atoms with E-state index in [9.17, 15) is 19.2 Å². The maximum Gasteiger partial charge on any atom is 0.412 e. The van der Waals surface area contributed by atoms with E-state index in [1.807, 2.05) is 6.07 Å². The number of nitrogens with one attached hydrogen (secondary N) is 2. The van der Waals surface area contributed by atoms with Crippen molar-refractivity contribution in [3.8, 4) is 23.2 Å². The second kappa shape index (κ2) is 11.3. The van der Waals surface area contributed by atoms with Gasteiger partial charge in [-0.05, 0) is 69.8 Å². The van der Waals surface area contributed by atoms with E-state index < -0.39 is 34.4 Å². The van der Waals surface area contributed by atoms with Gasteiger partial charge in [0.2, 0.25) is 0 Å². The summed E-state index contributed by atoms with van der Waals surface area (Å²) < 4.78 is 55.9. The molecule has 0 saturated carbocycles. The highest BCUT2D eigenvalue weighted by Gasteiger charge is 2.47. The van der Waals surface area contributed by atoms with E-state index in [2.05, 4.69) is 20.2 Å². The number of carbonyl (C=O) groups is 1. The van der Waals surface area contributed by atoms with Crippen LogP contribution in [0, 0.1) is 23.0 Å². The zero-order valence-corrected chi connectivity index (χ0v) is 26.0. The Morgan fingerprint density at radius 2 is 2.13 bits per heavy atom. The number of rotatable bonds is 5. The first-order chi connectivity index (χ1) is 21.3. The number of hydrogen-bond acceptors (Lipinski definition) is 8. The minimum Gasteiger partial charge on any atom is -0.463 e. The normalized spacial score (nSPS) is 19.3. The van der Waals surface area contributed by atoms with Crippen molar-refractivity contribution in [2.75, 3.05) is 25.0 Å². The van der Waals surface area contributed by atoms with Crippen LogP contribution < -0.4 is 15.6 Å². The average Bonchev–Trinajstić information content (AvgIpc) is 3.63. The summed E-state index contributed by atoms with van der Waals surface area (Å²) in [5.74, 6) is -1.68. The maximum atomic E-state index is 16.4. The number of aromatic nitrogens is 2. The summed E-state index contributed by atoms with van der Waals surface area (Å²) in [6.45, 7) is 6.38. The minimum atomic E-state index is -0.984. The van der Waals surface area contributed by atoms with Gasteiger partial charge in [-0.1, -0.05) is 17.7 Å². The van der Waals surface area contributed by atoms with Crippen LogP contribution >= 0.6 is 22.9 Å². The maximum absolute atomic E-state index is 16.4. The van der Waals surface area contributed by atoms with Crippen LogP contribution in [-0.2, 0) is 4.74 Å². The summed E-state index contributed by atoms with van der Waals surface area (Å²) in [7, 11) is 0. The van der Waals surface area contributed by atoms with Gasteiger partial charge in [0.1, 0.15) is 34.6 Å². The van der Waals surface area contributed by atoms with Gasteiger partial charge in [-0.15, -0.1) is 11.3 Å². The number of fused-ring (bicyclic) bond motifs is 3. The first-order valence-corrected chi connectivity index (χ1v) is 15.3. The molecular weight excluding hydrogens is 631 g/mol. The van der Waals surface area contributed by atoms with Crippen LogP contribution in [0.15, 0.2) is 34.9 Å². The molecule has 4 aromatic rings. The highest BCUT2D eigenvalue weighted by atomic mass is 35.5. The molecule has 1 amide bonds. The highest BCUT2D eigenvalue weighted by Crippen LogP contribution is 2.46. The van der Waals surface area contributed by atoms with Gasteiger partial charge in [-0.3, -0.25) is 20.0 Å². The van der Waals surface area contributed by atoms with Crippen molar-refractivity contribution in [3.05, 3.63) is 62.7 Å². The second-order valence-electron chi connectivity index (χ2n) is 12.1. The lowest BCUT2D eigenvalue weighted by atomic mass is 9.94. The zero-order valence-electron chi connectivity index (χ0n) is 24.4. The fourth-order valence-electron chi connectivity index (χ4n) is 6.13. The Balaban J connectivity index is 1.43. The molecule has 6 rings (SSSR count). The van der Waals surface area contributed by atoms with Crippen LogP contribution in [0.3, 0.4) is 0 Å². The van der Waals surface area contributed by atoms with E-state index >= 15 is 8.78 Å². The molecule has 2 aliphatic rings. The number of amides is 1. The van der Waals surface area contributed by atoms with Crippen LogP contribution in [0.25, 0.3) is 32.1 Å². The van der Waals surface area contributed by atoms with Crippen LogP contribution in [-0.4, -0.2) is 51.8 Å². The molecule has 1 atom stereocenters. The minimum absolute atomic E-state index is 0.00804. The van der Waals surface area contributed by atoms with Crippen LogP contribution in [0.2, 0.25) is 5.02 Å². The Morgan fingerprint density at radius 3 is 2.84 bits per heavy atom. The molecule has 2 saturated heterocycles. The molecule has 0 spiro atoms. The Morgan fingerprint density at radius 1 is 1.36 bits per heavy atom. The molecule has 14 heteroatoms. The smallest absolute Gasteiger partial charge is 0.412 e. The largest absolute Gasteiger partial charge is 0.463 e. The van der Waals surface area contributed by atoms with Gasteiger partial charge in [0, 0.05) is 17.5 Å². The van der Waals surface area contributed by atoms with Crippen LogP contribution in [0.1, 0.15) is 45.6 Å². The van der Waals surface area contributed by atoms with Gasteiger partial charge >= 0.3 is 6.09 Å². The standard InChI is InChI=1S/C31H27ClF3N5O4S/c1-30(2,3)44-29(42)39-27-18(12-36)21-16(5-6-20(34)25(21)45-27)22-19(32)9-17-24(23(22)35)37-28(38-26(17)41)43-14-31-7-4-8-40(31)13-15(10-31)11-33/h5-6,9,11H,4,7-8,10,13-14H2,1-3H3,(H,39,42)(H,37,38,41)/b15-11-. The van der Waals surface area contributed by atoms with E-state index in [1.54, 1.807) is 20.8 Å². The molecule has 234 valence electrons. The number of nitriles is 1. The summed E-state index contributed by atoms with van der Waals surface area (Å²) in [5, 5.41) is 12.2. The van der Waals surface area contributed by atoms with Gasteiger partial charge in [-0.25, -0.2) is 18.0 Å². The van der Waals surface area contributed by atoms with Gasteiger partial charge in [0.05, 0.1) is 32.5 Å². The van der Waals surface area contributed by atoms with Crippen LogP contribution in [0.5, 0.6) is 6.01 Å². The lowest BCUT2D eigenvalue weighted by Crippen LogP contribution is -2.43. The van der Waals surface area contributed by atoms with Crippen LogP contribution in [0.4, 0.5) is 23.0 Å². The molecule has 2 aromatic carbocycles. The molecule has 2 fully saturated rings. The molecule has 1 unspecified atom stereocenters. The van der Waals surface area contributed by atoms with Gasteiger partial charge in [-0.2, -0.15) is 10.2 Å². The van der Waals surface area contributed by atoms with Gasteiger partial charge in [0.15, 0.2) is 5.82 Å². The number of carbonyl (C=O) groups excluding carboxylic acids is 1. The molecule has 45 heavy (non-hydrogen) atoms. The molecule has 2 aliphatic heterocycles. The predicted octanol–water partition coefficient (Wildman–Crippen LogP) is 7.43. The molecule has 0 radical (unpaired) electrons. The van der Waals surface area contributed by atoms with E-state index in [0.717, 1.165) is 36.8 Å². The molecule has 0 aliphatic carbocycles. The number of nitrogens with zero attached hydrogens (tertiary/aromatic N) is 3. The summed E-state index contributed by atoms with van der Waals surface area (Å²) in [5.41, 5.74) is -1.94. The van der Waals surface area contributed by atoms with Crippen molar-refractivity contribution >= 4 is 55.0 Å². The Bertz CT molecular complexity index is 2020. The van der Waals surface area contributed by atoms with Gasteiger partial charge < -0.3 is 9.47 Å². The Kier molecular flexibility index (Phi) is 7.79. The SMILES string of the molecule is CC(C)(C)OC(=O)Nc1sc2c(F)ccc(-c3c(Cl)cc4c(=O)[nH]c(OCC56CCCN5C/C(=C\F)C6)nc4c3F)c2c1C#N. The number of anilines is 1. The second-order valence-corrected chi connectivity index (χ2v) is 13.6. The molecule has 0 bridgehead atoms. The van der Waals surface area contributed by atoms with Crippen molar-refractivity contribution < 1.29 is 27.4 Å². The number of H-pyrrole nitrogens is 1. The first kappa shape index (κ1) is 30.9. The lowest BCUT2D eigenvalue weighted by Gasteiger charge is -2.30. The summed E-state index contributed by atoms with van der Waals surface area (Å²) in [6.07, 6.45) is 1.92. The molecule has 2 N–H and O–H groups in total. The third-order valence-electron chi connectivity index (χ3n) is 7.98.